The van der Waals surface area contributed by atoms with E-state index >= 15 is 0 Å². The zero-order valence-electron chi connectivity index (χ0n) is 10.3. The van der Waals surface area contributed by atoms with Gasteiger partial charge in [0, 0.05) is 18.1 Å². The largest absolute Gasteiger partial charge is 0.387 e. The van der Waals surface area contributed by atoms with Crippen LogP contribution in [0.2, 0.25) is 0 Å². The molecule has 3 aromatic rings. The molecule has 19 heavy (non-hydrogen) atoms. The van der Waals surface area contributed by atoms with Crippen LogP contribution >= 0.6 is 11.3 Å². The molecule has 2 N–H and O–H groups in total. The number of aromatic nitrogens is 1. The van der Waals surface area contributed by atoms with Gasteiger partial charge in [-0.1, -0.05) is 24.3 Å². The summed E-state index contributed by atoms with van der Waals surface area (Å²) in [7, 11) is 0. The second-order valence-corrected chi connectivity index (χ2v) is 5.11. The summed E-state index contributed by atoms with van der Waals surface area (Å²) >= 11 is 1.59. The number of hydrogen-bond acceptors (Lipinski definition) is 4. The number of rotatable bonds is 4. The van der Waals surface area contributed by atoms with Crippen LogP contribution in [0.4, 0.5) is 5.82 Å². The van der Waals surface area contributed by atoms with E-state index in [4.69, 9.17) is 0 Å². The lowest BCUT2D eigenvalue weighted by Crippen LogP contribution is -2.12. The van der Waals surface area contributed by atoms with Crippen molar-refractivity contribution in [2.24, 2.45) is 0 Å². The lowest BCUT2D eigenvalue weighted by Gasteiger charge is -2.12. The third-order valence-corrected chi connectivity index (χ3v) is 3.77. The molecule has 0 spiro atoms. The minimum Gasteiger partial charge on any atom is -0.387 e. The number of pyridine rings is 1. The van der Waals surface area contributed by atoms with Crippen LogP contribution in [-0.4, -0.2) is 16.6 Å². The van der Waals surface area contributed by atoms with Gasteiger partial charge in [-0.05, 0) is 33.8 Å². The van der Waals surface area contributed by atoms with Crippen LogP contribution in [0.3, 0.4) is 0 Å². The van der Waals surface area contributed by atoms with Crippen LogP contribution in [0, 0.1) is 0 Å². The van der Waals surface area contributed by atoms with Gasteiger partial charge in [0.1, 0.15) is 5.82 Å². The van der Waals surface area contributed by atoms with E-state index in [-0.39, 0.29) is 0 Å². The Balaban J connectivity index is 1.79. The van der Waals surface area contributed by atoms with Crippen molar-refractivity contribution in [3.05, 3.63) is 58.9 Å². The van der Waals surface area contributed by atoms with E-state index in [0.29, 0.717) is 6.54 Å². The molecule has 1 aromatic carbocycles. The number of aliphatic hydroxyl groups excluding tert-OH is 1. The summed E-state index contributed by atoms with van der Waals surface area (Å²) in [4.78, 5) is 4.34. The van der Waals surface area contributed by atoms with Crippen molar-refractivity contribution in [1.82, 2.24) is 4.98 Å². The molecule has 2 aromatic heterocycles. The lowest BCUT2D eigenvalue weighted by atomic mass is 10.1. The van der Waals surface area contributed by atoms with Gasteiger partial charge in [0.25, 0.3) is 0 Å². The van der Waals surface area contributed by atoms with Gasteiger partial charge in [-0.2, -0.15) is 11.3 Å². The summed E-state index contributed by atoms with van der Waals surface area (Å²) < 4.78 is 0. The van der Waals surface area contributed by atoms with Gasteiger partial charge in [-0.15, -0.1) is 0 Å². The molecular weight excluding hydrogens is 256 g/mol. The van der Waals surface area contributed by atoms with Crippen molar-refractivity contribution >= 4 is 27.9 Å². The van der Waals surface area contributed by atoms with E-state index in [0.717, 1.165) is 22.2 Å². The Bertz CT molecular complexity index is 661. The minimum absolute atomic E-state index is 0.456. The summed E-state index contributed by atoms with van der Waals surface area (Å²) in [6.45, 7) is 0.456. The lowest BCUT2D eigenvalue weighted by molar-refractivity contribution is 0.192. The van der Waals surface area contributed by atoms with Gasteiger partial charge in [0.15, 0.2) is 0 Å². The molecule has 0 bridgehead atoms. The van der Waals surface area contributed by atoms with Crippen molar-refractivity contribution < 1.29 is 5.11 Å². The molecule has 2 heterocycles. The normalized spacial score (nSPS) is 12.5. The Hall–Kier alpha value is -1.91. The van der Waals surface area contributed by atoms with E-state index < -0.39 is 6.10 Å². The molecule has 0 saturated heterocycles. The first-order valence-electron chi connectivity index (χ1n) is 6.12. The summed E-state index contributed by atoms with van der Waals surface area (Å²) in [6, 6.07) is 12.0. The molecule has 0 saturated carbocycles. The van der Waals surface area contributed by atoms with Crippen LogP contribution in [0.5, 0.6) is 0 Å². The first-order chi connectivity index (χ1) is 9.34. The number of aliphatic hydroxyl groups is 1. The number of benzene rings is 1. The van der Waals surface area contributed by atoms with Gasteiger partial charge in [-0.25, -0.2) is 4.98 Å². The minimum atomic E-state index is -0.507. The number of thiophene rings is 1. The van der Waals surface area contributed by atoms with Crippen LogP contribution < -0.4 is 5.32 Å². The first-order valence-corrected chi connectivity index (χ1v) is 7.06. The smallest absolute Gasteiger partial charge is 0.133 e. The summed E-state index contributed by atoms with van der Waals surface area (Å²) in [5.74, 6) is 0.812. The zero-order chi connectivity index (χ0) is 13.1. The number of fused-ring (bicyclic) bond motifs is 1. The molecule has 0 aliphatic rings. The third-order valence-electron chi connectivity index (χ3n) is 3.06. The summed E-state index contributed by atoms with van der Waals surface area (Å²) in [5.41, 5.74) is 0.942. The average Bonchev–Trinajstić information content (AvgIpc) is 2.99. The van der Waals surface area contributed by atoms with Crippen molar-refractivity contribution in [3.63, 3.8) is 0 Å². The van der Waals surface area contributed by atoms with E-state index in [9.17, 15) is 5.11 Å². The molecule has 96 valence electrons. The quantitative estimate of drug-likeness (QED) is 0.763. The Morgan fingerprint density at radius 2 is 2.11 bits per heavy atom. The highest BCUT2D eigenvalue weighted by Gasteiger charge is 2.08. The van der Waals surface area contributed by atoms with Crippen LogP contribution in [0.25, 0.3) is 10.8 Å². The van der Waals surface area contributed by atoms with E-state index in [2.05, 4.69) is 16.4 Å². The standard InChI is InChI=1S/C15H14N2OS/c18-14(12-6-8-19-10-12)9-17-15-13-4-2-1-3-11(13)5-7-16-15/h1-8,10,14,18H,9H2,(H,16,17). The molecule has 0 aliphatic carbocycles. The number of nitrogens with zero attached hydrogens (tertiary/aromatic N) is 1. The maximum Gasteiger partial charge on any atom is 0.133 e. The average molecular weight is 270 g/mol. The molecule has 1 atom stereocenters. The summed E-state index contributed by atoms with van der Waals surface area (Å²) in [6.07, 6.45) is 1.27. The molecule has 0 aliphatic heterocycles. The molecule has 4 heteroatoms. The maximum absolute atomic E-state index is 10.1. The van der Waals surface area contributed by atoms with E-state index in [1.54, 1.807) is 17.5 Å². The number of nitrogens with one attached hydrogen (secondary N) is 1. The van der Waals surface area contributed by atoms with Gasteiger partial charge in [-0.3, -0.25) is 0 Å². The molecule has 3 rings (SSSR count). The highest BCUT2D eigenvalue weighted by Crippen LogP contribution is 2.22. The highest BCUT2D eigenvalue weighted by atomic mass is 32.1. The van der Waals surface area contributed by atoms with Gasteiger partial charge >= 0.3 is 0 Å². The molecule has 0 fully saturated rings. The van der Waals surface area contributed by atoms with Crippen molar-refractivity contribution in [2.75, 3.05) is 11.9 Å². The fourth-order valence-electron chi connectivity index (χ4n) is 2.04. The van der Waals surface area contributed by atoms with Gasteiger partial charge < -0.3 is 10.4 Å². The third kappa shape index (κ3) is 2.59. The van der Waals surface area contributed by atoms with Crippen molar-refractivity contribution in [2.45, 2.75) is 6.10 Å². The molecule has 0 radical (unpaired) electrons. The highest BCUT2D eigenvalue weighted by molar-refractivity contribution is 7.07. The van der Waals surface area contributed by atoms with Crippen LogP contribution in [0.15, 0.2) is 53.4 Å². The number of anilines is 1. The second kappa shape index (κ2) is 5.38. The van der Waals surface area contributed by atoms with Crippen LogP contribution in [0.1, 0.15) is 11.7 Å². The second-order valence-electron chi connectivity index (χ2n) is 4.33. The predicted molar refractivity (Wildman–Crippen MR) is 79.5 cm³/mol. The molecule has 0 amide bonds. The topological polar surface area (TPSA) is 45.1 Å². The Morgan fingerprint density at radius 3 is 2.95 bits per heavy atom. The van der Waals surface area contributed by atoms with Gasteiger partial charge in [0.05, 0.1) is 6.10 Å². The zero-order valence-corrected chi connectivity index (χ0v) is 11.1. The van der Waals surface area contributed by atoms with E-state index in [1.165, 1.54) is 0 Å². The fourth-order valence-corrected chi connectivity index (χ4v) is 2.74. The molecular formula is C15H14N2OS. The summed E-state index contributed by atoms with van der Waals surface area (Å²) in [5, 5.41) is 19.4. The monoisotopic (exact) mass is 270 g/mol. The predicted octanol–water partition coefficient (Wildman–Crippen LogP) is 3.44. The van der Waals surface area contributed by atoms with Crippen LogP contribution in [-0.2, 0) is 0 Å². The number of hydrogen-bond donors (Lipinski definition) is 2. The molecule has 1 unspecified atom stereocenters. The Labute approximate surface area is 115 Å². The molecule has 3 nitrogen and oxygen atoms in total. The van der Waals surface area contributed by atoms with Gasteiger partial charge in [0.2, 0.25) is 0 Å². The van der Waals surface area contributed by atoms with E-state index in [1.807, 2.05) is 41.1 Å². The maximum atomic E-state index is 10.1. The fraction of sp³-hybridized carbons (Fsp3) is 0.133. The SMILES string of the molecule is OC(CNc1nccc2ccccc12)c1ccsc1. The Morgan fingerprint density at radius 1 is 1.21 bits per heavy atom. The van der Waals surface area contributed by atoms with Crippen molar-refractivity contribution in [1.29, 1.82) is 0 Å². The van der Waals surface area contributed by atoms with Crippen molar-refractivity contribution in [3.8, 4) is 0 Å². The Kier molecular flexibility index (Phi) is 3.44. The first kappa shape index (κ1) is 12.1.